The van der Waals surface area contributed by atoms with Crippen LogP contribution in [0.25, 0.3) is 0 Å². The fraction of sp³-hybridized carbons (Fsp3) is 0.158. The van der Waals surface area contributed by atoms with E-state index in [0.29, 0.717) is 24.4 Å². The van der Waals surface area contributed by atoms with Crippen LogP contribution in [0.5, 0.6) is 0 Å². The predicted octanol–water partition coefficient (Wildman–Crippen LogP) is 3.00. The van der Waals surface area contributed by atoms with Gasteiger partial charge in [-0.05, 0) is 11.1 Å². The van der Waals surface area contributed by atoms with Crippen LogP contribution < -0.4 is 15.6 Å². The molecule has 3 rings (SSSR count). The van der Waals surface area contributed by atoms with Gasteiger partial charge in [0, 0.05) is 20.6 Å². The maximum absolute atomic E-state index is 4.41. The van der Waals surface area contributed by atoms with Gasteiger partial charge in [-0.1, -0.05) is 60.7 Å². The first kappa shape index (κ1) is 17.3. The van der Waals surface area contributed by atoms with Crippen LogP contribution in [0.3, 0.4) is 0 Å². The van der Waals surface area contributed by atoms with Crippen LogP contribution in [0.4, 0.5) is 17.8 Å². The van der Waals surface area contributed by atoms with E-state index < -0.39 is 0 Å². The van der Waals surface area contributed by atoms with Crippen molar-refractivity contribution >= 4 is 24.1 Å². The lowest BCUT2D eigenvalue weighted by Crippen LogP contribution is -2.16. The van der Waals surface area contributed by atoms with Crippen LogP contribution >= 0.6 is 0 Å². The smallest absolute Gasteiger partial charge is 0.250 e. The van der Waals surface area contributed by atoms with Gasteiger partial charge in [0.25, 0.3) is 0 Å². The minimum atomic E-state index is 0.381. The summed E-state index contributed by atoms with van der Waals surface area (Å²) in [5, 5.41) is 7.42. The van der Waals surface area contributed by atoms with E-state index in [2.05, 4.69) is 30.8 Å². The van der Waals surface area contributed by atoms with Gasteiger partial charge in [0.05, 0.1) is 6.21 Å². The number of hydrogen-bond donors (Lipinski definition) is 2. The Morgan fingerprint density at radius 3 is 2.23 bits per heavy atom. The zero-order valence-electron chi connectivity index (χ0n) is 14.8. The van der Waals surface area contributed by atoms with Gasteiger partial charge in [-0.25, -0.2) is 5.43 Å². The summed E-state index contributed by atoms with van der Waals surface area (Å²) in [6.45, 7) is 0.629. The lowest BCUT2D eigenvalue weighted by Gasteiger charge is -2.13. The largest absolute Gasteiger partial charge is 0.350 e. The van der Waals surface area contributed by atoms with Crippen LogP contribution in [0.2, 0.25) is 0 Å². The summed E-state index contributed by atoms with van der Waals surface area (Å²) in [7, 11) is 3.76. The number of aromatic nitrogens is 3. The number of anilines is 3. The van der Waals surface area contributed by atoms with Crippen molar-refractivity contribution in [3.8, 4) is 0 Å². The molecular formula is C19H21N7. The van der Waals surface area contributed by atoms with E-state index in [4.69, 9.17) is 0 Å². The molecule has 0 aliphatic carbocycles. The van der Waals surface area contributed by atoms with Crippen molar-refractivity contribution in [1.29, 1.82) is 0 Å². The lowest BCUT2D eigenvalue weighted by atomic mass is 10.2. The van der Waals surface area contributed by atoms with Gasteiger partial charge in [-0.3, -0.25) is 0 Å². The molecule has 0 bridgehead atoms. The summed E-state index contributed by atoms with van der Waals surface area (Å²) in [5.74, 6) is 1.42. The first-order valence-electron chi connectivity index (χ1n) is 8.26. The van der Waals surface area contributed by atoms with Crippen LogP contribution in [0.1, 0.15) is 11.1 Å². The Hall–Kier alpha value is -3.48. The van der Waals surface area contributed by atoms with Crippen LogP contribution in [-0.2, 0) is 6.54 Å². The van der Waals surface area contributed by atoms with Crippen molar-refractivity contribution in [3.05, 3.63) is 71.8 Å². The second-order valence-electron chi connectivity index (χ2n) is 5.80. The zero-order chi connectivity index (χ0) is 18.2. The fourth-order valence-electron chi connectivity index (χ4n) is 2.17. The molecule has 0 aliphatic rings. The first-order valence-corrected chi connectivity index (χ1v) is 8.26. The fourth-order valence-corrected chi connectivity index (χ4v) is 2.17. The summed E-state index contributed by atoms with van der Waals surface area (Å²) in [4.78, 5) is 15.0. The van der Waals surface area contributed by atoms with Crippen molar-refractivity contribution in [2.45, 2.75) is 6.54 Å². The molecule has 132 valence electrons. The van der Waals surface area contributed by atoms with E-state index in [1.165, 1.54) is 0 Å². The Kier molecular flexibility index (Phi) is 5.72. The van der Waals surface area contributed by atoms with E-state index in [9.17, 15) is 0 Å². The maximum atomic E-state index is 4.41. The monoisotopic (exact) mass is 347 g/mol. The average Bonchev–Trinajstić information content (AvgIpc) is 2.68. The zero-order valence-corrected chi connectivity index (χ0v) is 14.8. The number of hydrazone groups is 1. The van der Waals surface area contributed by atoms with Gasteiger partial charge in [0.2, 0.25) is 17.8 Å². The Bertz CT molecular complexity index is 848. The van der Waals surface area contributed by atoms with Crippen molar-refractivity contribution in [1.82, 2.24) is 15.0 Å². The van der Waals surface area contributed by atoms with Crippen LogP contribution in [0.15, 0.2) is 65.8 Å². The topological polar surface area (TPSA) is 78.3 Å². The highest BCUT2D eigenvalue weighted by Crippen LogP contribution is 2.12. The first-order chi connectivity index (χ1) is 12.7. The minimum Gasteiger partial charge on any atom is -0.350 e. The molecule has 0 atom stereocenters. The van der Waals surface area contributed by atoms with Crippen molar-refractivity contribution in [2.24, 2.45) is 5.10 Å². The number of nitrogens with zero attached hydrogens (tertiary/aromatic N) is 5. The molecule has 0 saturated carbocycles. The normalized spacial score (nSPS) is 10.7. The standard InChI is InChI=1S/C19H21N7/c1-26(2)19-23-17(20-13-15-9-5-3-6-10-15)22-18(24-19)25-21-14-16-11-7-4-8-12-16/h3-12,14H,13H2,1-2H3,(H2,20,22,23,24,25)/b21-14+. The molecule has 0 amide bonds. The molecule has 2 aromatic carbocycles. The number of hydrogen-bond acceptors (Lipinski definition) is 7. The Morgan fingerprint density at radius 2 is 1.54 bits per heavy atom. The Morgan fingerprint density at radius 1 is 0.885 bits per heavy atom. The second kappa shape index (κ2) is 8.57. The van der Waals surface area contributed by atoms with Crippen LogP contribution in [-0.4, -0.2) is 35.3 Å². The molecule has 0 fully saturated rings. The summed E-state index contributed by atoms with van der Waals surface area (Å²) in [6.07, 6.45) is 1.72. The third-order valence-electron chi connectivity index (χ3n) is 3.49. The summed E-state index contributed by atoms with van der Waals surface area (Å²) < 4.78 is 0. The quantitative estimate of drug-likeness (QED) is 0.505. The molecule has 0 radical (unpaired) electrons. The van der Waals surface area contributed by atoms with Crippen molar-refractivity contribution in [2.75, 3.05) is 29.7 Å². The van der Waals surface area contributed by atoms with E-state index in [1.54, 1.807) is 6.21 Å². The SMILES string of the molecule is CN(C)c1nc(NCc2ccccc2)nc(N/N=C/c2ccccc2)n1. The number of benzene rings is 2. The molecular weight excluding hydrogens is 326 g/mol. The molecule has 7 nitrogen and oxygen atoms in total. The minimum absolute atomic E-state index is 0.381. The van der Waals surface area contributed by atoms with Gasteiger partial charge in [0.1, 0.15) is 0 Å². The average molecular weight is 347 g/mol. The third kappa shape index (κ3) is 5.01. The Labute approximate surface area is 152 Å². The molecule has 3 aromatic rings. The lowest BCUT2D eigenvalue weighted by molar-refractivity contribution is 0.940. The highest BCUT2D eigenvalue weighted by Gasteiger charge is 2.07. The predicted molar refractivity (Wildman–Crippen MR) is 106 cm³/mol. The number of nitrogens with one attached hydrogen (secondary N) is 2. The maximum Gasteiger partial charge on any atom is 0.250 e. The molecule has 0 unspecified atom stereocenters. The van der Waals surface area contributed by atoms with E-state index in [0.717, 1.165) is 11.1 Å². The molecule has 0 saturated heterocycles. The molecule has 2 N–H and O–H groups in total. The van der Waals surface area contributed by atoms with E-state index in [-0.39, 0.29) is 0 Å². The highest BCUT2D eigenvalue weighted by molar-refractivity contribution is 5.79. The summed E-state index contributed by atoms with van der Waals surface area (Å²) >= 11 is 0. The molecule has 0 spiro atoms. The molecule has 7 heteroatoms. The molecule has 1 heterocycles. The van der Waals surface area contributed by atoms with Gasteiger partial charge < -0.3 is 10.2 Å². The molecule has 0 aliphatic heterocycles. The Balaban J connectivity index is 1.72. The van der Waals surface area contributed by atoms with Gasteiger partial charge >= 0.3 is 0 Å². The van der Waals surface area contributed by atoms with E-state index >= 15 is 0 Å². The van der Waals surface area contributed by atoms with Gasteiger partial charge in [-0.15, -0.1) is 0 Å². The van der Waals surface area contributed by atoms with E-state index in [1.807, 2.05) is 79.7 Å². The van der Waals surface area contributed by atoms with Crippen LogP contribution in [0, 0.1) is 0 Å². The van der Waals surface area contributed by atoms with Crippen molar-refractivity contribution < 1.29 is 0 Å². The summed E-state index contributed by atoms with van der Waals surface area (Å²) in [5.41, 5.74) is 5.01. The molecule has 1 aromatic heterocycles. The second-order valence-corrected chi connectivity index (χ2v) is 5.80. The van der Waals surface area contributed by atoms with Gasteiger partial charge in [0.15, 0.2) is 0 Å². The number of rotatable bonds is 7. The highest BCUT2D eigenvalue weighted by atomic mass is 15.4. The van der Waals surface area contributed by atoms with Crippen molar-refractivity contribution in [3.63, 3.8) is 0 Å². The van der Waals surface area contributed by atoms with Gasteiger partial charge in [-0.2, -0.15) is 20.1 Å². The summed E-state index contributed by atoms with van der Waals surface area (Å²) in [6, 6.07) is 19.9. The molecule has 26 heavy (non-hydrogen) atoms. The third-order valence-corrected chi connectivity index (χ3v) is 3.49.